The molecule has 2 unspecified atom stereocenters. The quantitative estimate of drug-likeness (QED) is 0.609. The summed E-state index contributed by atoms with van der Waals surface area (Å²) in [4.78, 5) is 11.7. The number of carbonyl (C=O) groups is 1. The van der Waals surface area contributed by atoms with E-state index < -0.39 is 5.60 Å². The lowest BCUT2D eigenvalue weighted by atomic mass is 9.67. The van der Waals surface area contributed by atoms with E-state index >= 15 is 0 Å². The van der Waals surface area contributed by atoms with Crippen molar-refractivity contribution in [2.45, 2.75) is 45.8 Å². The normalized spacial score (nSPS) is 38.5. The zero-order valence-electron chi connectivity index (χ0n) is 9.83. The minimum Gasteiger partial charge on any atom is -0.359 e. The van der Waals surface area contributed by atoms with E-state index in [1.54, 1.807) is 0 Å². The summed E-state index contributed by atoms with van der Waals surface area (Å²) in [5.74, 6) is 0.214. The topological polar surface area (TPSA) is 26.3 Å². The molecule has 0 N–H and O–H groups in total. The molecule has 82 valence electrons. The first-order chi connectivity index (χ1) is 6.89. The predicted octanol–water partition coefficient (Wildman–Crippen LogP) is 2.65. The van der Waals surface area contributed by atoms with Gasteiger partial charge in [-0.2, -0.15) is 0 Å². The van der Waals surface area contributed by atoms with Gasteiger partial charge in [0, 0.05) is 11.8 Å². The van der Waals surface area contributed by atoms with Crippen LogP contribution in [0, 0.1) is 5.41 Å². The summed E-state index contributed by atoms with van der Waals surface area (Å²) in [5.41, 5.74) is 0.650. The average molecular weight is 206 g/mol. The number of rotatable bonds is 0. The molecule has 0 aromatic carbocycles. The number of Topliss-reactive ketones (excluding diaryl/α,β-unsaturated/α-hetero) is 1. The maximum absolute atomic E-state index is 11.7. The van der Waals surface area contributed by atoms with Crippen molar-refractivity contribution >= 4 is 5.78 Å². The van der Waals surface area contributed by atoms with E-state index in [2.05, 4.69) is 39.0 Å². The molecule has 1 fully saturated rings. The van der Waals surface area contributed by atoms with Crippen LogP contribution in [0.1, 0.15) is 34.1 Å². The second kappa shape index (κ2) is 3.05. The fraction of sp³-hybridized carbons (Fsp3) is 0.615. The van der Waals surface area contributed by atoms with Gasteiger partial charge in [-0.25, -0.2) is 0 Å². The second-order valence-corrected chi connectivity index (χ2v) is 5.16. The van der Waals surface area contributed by atoms with Gasteiger partial charge < -0.3 is 4.74 Å². The molecule has 0 aromatic rings. The SMILES string of the molecule is CC1=CC=CC(C)(C)C12CC(=O)C(C)O2. The Balaban J connectivity index is 2.46. The number of hydrogen-bond donors (Lipinski definition) is 0. The van der Waals surface area contributed by atoms with Crippen LogP contribution in [0.25, 0.3) is 0 Å². The summed E-state index contributed by atoms with van der Waals surface area (Å²) in [6, 6.07) is 0. The van der Waals surface area contributed by atoms with Gasteiger partial charge in [-0.1, -0.05) is 32.1 Å². The van der Waals surface area contributed by atoms with Crippen LogP contribution in [-0.4, -0.2) is 17.5 Å². The molecule has 2 heteroatoms. The van der Waals surface area contributed by atoms with Gasteiger partial charge in [0.15, 0.2) is 5.78 Å². The van der Waals surface area contributed by atoms with Crippen LogP contribution in [0.5, 0.6) is 0 Å². The largest absolute Gasteiger partial charge is 0.359 e. The van der Waals surface area contributed by atoms with E-state index in [0.29, 0.717) is 6.42 Å². The maximum Gasteiger partial charge on any atom is 0.164 e. The van der Waals surface area contributed by atoms with Crippen molar-refractivity contribution in [3.05, 3.63) is 23.8 Å². The Morgan fingerprint density at radius 1 is 1.47 bits per heavy atom. The maximum atomic E-state index is 11.7. The molecule has 1 aliphatic carbocycles. The first-order valence-electron chi connectivity index (χ1n) is 5.46. The summed E-state index contributed by atoms with van der Waals surface area (Å²) in [6.45, 7) is 8.16. The molecule has 2 atom stereocenters. The summed E-state index contributed by atoms with van der Waals surface area (Å²) in [5, 5.41) is 0. The minimum absolute atomic E-state index is 0.105. The number of allylic oxidation sites excluding steroid dienone is 2. The van der Waals surface area contributed by atoms with Gasteiger partial charge in [-0.15, -0.1) is 0 Å². The third kappa shape index (κ3) is 1.31. The number of ketones is 1. The monoisotopic (exact) mass is 206 g/mol. The number of ether oxygens (including phenoxy) is 1. The van der Waals surface area contributed by atoms with Gasteiger partial charge in [-0.3, -0.25) is 4.79 Å². The van der Waals surface area contributed by atoms with Crippen LogP contribution in [0.4, 0.5) is 0 Å². The smallest absolute Gasteiger partial charge is 0.164 e. The Hall–Kier alpha value is -0.890. The van der Waals surface area contributed by atoms with Crippen molar-refractivity contribution in [3.63, 3.8) is 0 Å². The third-order valence-corrected chi connectivity index (χ3v) is 3.79. The number of carbonyl (C=O) groups excluding carboxylic acids is 1. The summed E-state index contributed by atoms with van der Waals surface area (Å²) in [7, 11) is 0. The molecule has 0 bridgehead atoms. The van der Waals surface area contributed by atoms with Crippen molar-refractivity contribution in [1.82, 2.24) is 0 Å². The predicted molar refractivity (Wildman–Crippen MR) is 59.6 cm³/mol. The van der Waals surface area contributed by atoms with Gasteiger partial charge in [-0.05, 0) is 19.4 Å². The Morgan fingerprint density at radius 3 is 2.60 bits per heavy atom. The summed E-state index contributed by atoms with van der Waals surface area (Å²) < 4.78 is 5.96. The lowest BCUT2D eigenvalue weighted by Gasteiger charge is -2.44. The van der Waals surface area contributed by atoms with Gasteiger partial charge >= 0.3 is 0 Å². The zero-order chi connectivity index (χ0) is 11.3. The second-order valence-electron chi connectivity index (χ2n) is 5.16. The molecule has 1 heterocycles. The molecule has 1 spiro atoms. The van der Waals surface area contributed by atoms with Crippen LogP contribution in [0.2, 0.25) is 0 Å². The van der Waals surface area contributed by atoms with E-state index in [4.69, 9.17) is 4.74 Å². The third-order valence-electron chi connectivity index (χ3n) is 3.79. The Bertz CT molecular complexity index is 363. The van der Waals surface area contributed by atoms with E-state index in [1.165, 1.54) is 0 Å². The Labute approximate surface area is 91.0 Å². The number of hydrogen-bond acceptors (Lipinski definition) is 2. The summed E-state index contributed by atoms with van der Waals surface area (Å²) in [6.07, 6.45) is 6.48. The molecule has 2 aliphatic rings. The highest BCUT2D eigenvalue weighted by atomic mass is 16.5. The molecular weight excluding hydrogens is 188 g/mol. The molecule has 15 heavy (non-hydrogen) atoms. The highest BCUT2D eigenvalue weighted by Gasteiger charge is 2.54. The molecule has 0 radical (unpaired) electrons. The Kier molecular flexibility index (Phi) is 2.16. The zero-order valence-corrected chi connectivity index (χ0v) is 9.83. The highest BCUT2D eigenvalue weighted by molar-refractivity contribution is 5.86. The molecule has 0 amide bonds. The van der Waals surface area contributed by atoms with Crippen molar-refractivity contribution < 1.29 is 9.53 Å². The highest BCUT2D eigenvalue weighted by Crippen LogP contribution is 2.49. The van der Waals surface area contributed by atoms with E-state index in [9.17, 15) is 4.79 Å². The standard InChI is InChI=1S/C13H18O2/c1-9-6-5-7-12(3,4)13(9)8-11(14)10(2)15-13/h5-7,10H,8H2,1-4H3. The van der Waals surface area contributed by atoms with Gasteiger partial charge in [0.05, 0.1) is 0 Å². The van der Waals surface area contributed by atoms with Crippen LogP contribution in [0.3, 0.4) is 0 Å². The lowest BCUT2D eigenvalue weighted by Crippen LogP contribution is -2.46. The van der Waals surface area contributed by atoms with E-state index in [1.807, 2.05) is 6.92 Å². The molecule has 2 nitrogen and oxygen atoms in total. The molecule has 0 aromatic heterocycles. The van der Waals surface area contributed by atoms with Gasteiger partial charge in [0.1, 0.15) is 11.7 Å². The fourth-order valence-corrected chi connectivity index (χ4v) is 2.62. The van der Waals surface area contributed by atoms with Gasteiger partial charge in [0.25, 0.3) is 0 Å². The van der Waals surface area contributed by atoms with Crippen molar-refractivity contribution in [3.8, 4) is 0 Å². The molecular formula is C13H18O2. The average Bonchev–Trinajstić information content (AvgIpc) is 2.42. The molecule has 2 rings (SSSR count). The van der Waals surface area contributed by atoms with Crippen molar-refractivity contribution in [1.29, 1.82) is 0 Å². The van der Waals surface area contributed by atoms with Crippen LogP contribution in [-0.2, 0) is 9.53 Å². The van der Waals surface area contributed by atoms with E-state index in [-0.39, 0.29) is 17.3 Å². The van der Waals surface area contributed by atoms with Crippen LogP contribution < -0.4 is 0 Å². The minimum atomic E-state index is -0.405. The first kappa shape index (κ1) is 10.6. The Morgan fingerprint density at radius 2 is 2.13 bits per heavy atom. The molecule has 0 saturated carbocycles. The van der Waals surface area contributed by atoms with Crippen LogP contribution >= 0.6 is 0 Å². The van der Waals surface area contributed by atoms with E-state index in [0.717, 1.165) is 5.57 Å². The van der Waals surface area contributed by atoms with Gasteiger partial charge in [0.2, 0.25) is 0 Å². The fourth-order valence-electron chi connectivity index (χ4n) is 2.62. The molecule has 1 saturated heterocycles. The van der Waals surface area contributed by atoms with Crippen molar-refractivity contribution in [2.75, 3.05) is 0 Å². The van der Waals surface area contributed by atoms with Crippen molar-refractivity contribution in [2.24, 2.45) is 5.41 Å². The molecule has 1 aliphatic heterocycles. The lowest BCUT2D eigenvalue weighted by molar-refractivity contribution is -0.123. The summed E-state index contributed by atoms with van der Waals surface area (Å²) >= 11 is 0. The first-order valence-corrected chi connectivity index (χ1v) is 5.46. The van der Waals surface area contributed by atoms with Crippen LogP contribution in [0.15, 0.2) is 23.8 Å².